The zero-order valence-electron chi connectivity index (χ0n) is 20.1. The molecule has 0 spiro atoms. The highest BCUT2D eigenvalue weighted by molar-refractivity contribution is 5.67. The second kappa shape index (κ2) is 10.5. The van der Waals surface area contributed by atoms with Gasteiger partial charge in [0.1, 0.15) is 5.82 Å². The highest BCUT2D eigenvalue weighted by Gasteiger charge is 2.41. The Hall–Kier alpha value is -2.38. The van der Waals surface area contributed by atoms with Crippen LogP contribution in [0.3, 0.4) is 0 Å². The summed E-state index contributed by atoms with van der Waals surface area (Å²) >= 11 is 0. The Kier molecular flexibility index (Phi) is 7.96. The smallest absolute Gasteiger partial charge is 0.304 e. The molecule has 178 valence electrons. The first-order valence-electron chi connectivity index (χ1n) is 12.0. The number of anilines is 1. The van der Waals surface area contributed by atoms with Crippen molar-refractivity contribution in [2.24, 2.45) is 10.8 Å². The molecule has 0 amide bonds. The van der Waals surface area contributed by atoms with Gasteiger partial charge < -0.3 is 14.9 Å². The number of aliphatic carboxylic acids is 1. The molecule has 32 heavy (non-hydrogen) atoms. The van der Waals surface area contributed by atoms with E-state index in [-0.39, 0.29) is 17.8 Å². The summed E-state index contributed by atoms with van der Waals surface area (Å²) in [5.41, 5.74) is 0.592. The van der Waals surface area contributed by atoms with Crippen LogP contribution < -0.4 is 5.32 Å². The second-order valence-corrected chi connectivity index (χ2v) is 10.2. The Labute approximate surface area is 191 Å². The topological polar surface area (TPSA) is 106 Å². The fraction of sp³-hybridized carbons (Fsp3) is 0.750. The van der Waals surface area contributed by atoms with Crippen LogP contribution in [0.25, 0.3) is 0 Å². The van der Waals surface area contributed by atoms with Gasteiger partial charge in [0.2, 0.25) is 5.89 Å². The van der Waals surface area contributed by atoms with Crippen LogP contribution in [0.5, 0.6) is 0 Å². The van der Waals surface area contributed by atoms with Gasteiger partial charge in [-0.3, -0.25) is 9.48 Å². The summed E-state index contributed by atoms with van der Waals surface area (Å²) in [7, 11) is 0. The predicted molar refractivity (Wildman–Crippen MR) is 123 cm³/mol. The molecule has 0 saturated heterocycles. The van der Waals surface area contributed by atoms with Gasteiger partial charge in [0.05, 0.1) is 19.2 Å². The van der Waals surface area contributed by atoms with E-state index in [0.29, 0.717) is 23.7 Å². The van der Waals surface area contributed by atoms with Gasteiger partial charge in [0.15, 0.2) is 5.82 Å². The van der Waals surface area contributed by atoms with Crippen molar-refractivity contribution in [2.75, 3.05) is 5.32 Å². The van der Waals surface area contributed by atoms with Crippen molar-refractivity contribution in [1.29, 1.82) is 0 Å². The molecule has 1 saturated carbocycles. The van der Waals surface area contributed by atoms with E-state index in [1.165, 1.54) is 32.1 Å². The number of nitrogens with zero attached hydrogens (tertiary/aromatic N) is 4. The average molecular weight is 446 g/mol. The lowest BCUT2D eigenvalue weighted by Crippen LogP contribution is -2.37. The maximum Gasteiger partial charge on any atom is 0.304 e. The summed E-state index contributed by atoms with van der Waals surface area (Å²) in [6.45, 7) is 10.3. The normalized spacial score (nSPS) is 17.2. The lowest BCUT2D eigenvalue weighted by molar-refractivity contribution is -0.137. The van der Waals surface area contributed by atoms with E-state index in [9.17, 15) is 9.90 Å². The van der Waals surface area contributed by atoms with Crippen LogP contribution in [0.15, 0.2) is 16.8 Å². The number of hydrogen-bond donors (Lipinski definition) is 2. The molecule has 0 aromatic carbocycles. The van der Waals surface area contributed by atoms with Crippen molar-refractivity contribution in [3.05, 3.63) is 24.0 Å². The van der Waals surface area contributed by atoms with Gasteiger partial charge in [-0.25, -0.2) is 0 Å². The van der Waals surface area contributed by atoms with Crippen molar-refractivity contribution in [1.82, 2.24) is 19.9 Å². The third-order valence-electron chi connectivity index (χ3n) is 7.31. The molecule has 0 radical (unpaired) electrons. The number of aromatic nitrogens is 4. The molecule has 1 aliphatic carbocycles. The number of hydrogen-bond acceptors (Lipinski definition) is 6. The summed E-state index contributed by atoms with van der Waals surface area (Å²) in [5.74, 6) is 0.763. The van der Waals surface area contributed by atoms with Gasteiger partial charge in [-0.2, -0.15) is 10.1 Å². The predicted octanol–water partition coefficient (Wildman–Crippen LogP) is 5.62. The lowest BCUT2D eigenvalue weighted by atomic mass is 9.57. The molecule has 1 aliphatic rings. The van der Waals surface area contributed by atoms with Crippen molar-refractivity contribution < 1.29 is 14.4 Å². The maximum atomic E-state index is 11.5. The van der Waals surface area contributed by atoms with Crippen LogP contribution >= 0.6 is 0 Å². The molecule has 2 N–H and O–H groups in total. The molecule has 2 aromatic heterocycles. The van der Waals surface area contributed by atoms with E-state index < -0.39 is 5.97 Å². The minimum absolute atomic E-state index is 0.0141. The summed E-state index contributed by atoms with van der Waals surface area (Å²) in [6, 6.07) is 1.90. The Morgan fingerprint density at radius 1 is 1.31 bits per heavy atom. The molecule has 2 aromatic rings. The maximum absolute atomic E-state index is 11.5. The molecular weight excluding hydrogens is 406 g/mol. The fourth-order valence-electron chi connectivity index (χ4n) is 5.22. The van der Waals surface area contributed by atoms with E-state index in [1.54, 1.807) is 6.20 Å². The third-order valence-corrected chi connectivity index (χ3v) is 7.31. The van der Waals surface area contributed by atoms with Gasteiger partial charge in [0.25, 0.3) is 0 Å². The van der Waals surface area contributed by atoms with Gasteiger partial charge in [-0.15, -0.1) is 0 Å². The van der Waals surface area contributed by atoms with Crippen molar-refractivity contribution in [2.45, 2.75) is 104 Å². The minimum Gasteiger partial charge on any atom is -0.481 e. The van der Waals surface area contributed by atoms with Crippen LogP contribution in [-0.2, 0) is 17.9 Å². The molecule has 1 unspecified atom stereocenters. The summed E-state index contributed by atoms with van der Waals surface area (Å²) in [6.07, 6.45) is 11.1. The second-order valence-electron chi connectivity index (χ2n) is 10.2. The first kappa shape index (κ1) is 24.3. The number of rotatable bonds is 11. The number of carboxylic acid groups (broad SMARTS) is 1. The standard InChI is InChI=1S/C24H39N5O3/c1-5-29-20(11-15-26-29)25-17-19-27-22(32-28-19)18(16-21(30)31)10-9-14-24(23(2,3)4)12-7-6-8-13-24/h11,15,18,25H,5-10,12-14,16-17H2,1-4H3,(H,30,31). The fourth-order valence-corrected chi connectivity index (χ4v) is 5.22. The van der Waals surface area contributed by atoms with Gasteiger partial charge in [0, 0.05) is 18.5 Å². The number of carbonyl (C=O) groups is 1. The molecule has 0 aliphatic heterocycles. The molecule has 8 heteroatoms. The number of carboxylic acids is 1. The molecule has 0 bridgehead atoms. The number of aryl methyl sites for hydroxylation is 1. The molecule has 2 heterocycles. The SMILES string of the molecule is CCn1nccc1NCc1noc(C(CCCC2(C(C)(C)C)CCCCC2)CC(=O)O)n1. The van der Waals surface area contributed by atoms with Gasteiger partial charge >= 0.3 is 5.97 Å². The highest BCUT2D eigenvalue weighted by atomic mass is 16.5. The van der Waals surface area contributed by atoms with E-state index >= 15 is 0 Å². The van der Waals surface area contributed by atoms with Crippen molar-refractivity contribution >= 4 is 11.8 Å². The zero-order valence-corrected chi connectivity index (χ0v) is 20.1. The van der Waals surface area contributed by atoms with Crippen LogP contribution in [-0.4, -0.2) is 31.0 Å². The first-order valence-corrected chi connectivity index (χ1v) is 12.0. The third kappa shape index (κ3) is 5.90. The molecule has 1 fully saturated rings. The Morgan fingerprint density at radius 3 is 2.72 bits per heavy atom. The first-order chi connectivity index (χ1) is 15.2. The van der Waals surface area contributed by atoms with Crippen LogP contribution in [0.1, 0.15) is 103 Å². The van der Waals surface area contributed by atoms with E-state index in [2.05, 4.69) is 41.3 Å². The number of nitrogens with one attached hydrogen (secondary N) is 1. The molecule has 1 atom stereocenters. The Balaban J connectivity index is 1.62. The van der Waals surface area contributed by atoms with E-state index in [1.807, 2.05) is 17.7 Å². The van der Waals surface area contributed by atoms with Gasteiger partial charge in [-0.05, 0) is 43.4 Å². The zero-order chi connectivity index (χ0) is 23.2. The van der Waals surface area contributed by atoms with Gasteiger partial charge in [-0.1, -0.05) is 51.6 Å². The average Bonchev–Trinajstić information content (AvgIpc) is 3.40. The van der Waals surface area contributed by atoms with Crippen LogP contribution in [0, 0.1) is 10.8 Å². The quantitative estimate of drug-likeness (QED) is 0.462. The molecule has 3 rings (SSSR count). The summed E-state index contributed by atoms with van der Waals surface area (Å²) in [4.78, 5) is 16.0. The lowest BCUT2D eigenvalue weighted by Gasteiger charge is -2.48. The van der Waals surface area contributed by atoms with E-state index in [4.69, 9.17) is 4.52 Å². The monoisotopic (exact) mass is 445 g/mol. The Morgan fingerprint density at radius 2 is 2.06 bits per heavy atom. The highest BCUT2D eigenvalue weighted by Crippen LogP contribution is 2.53. The molecular formula is C24H39N5O3. The largest absolute Gasteiger partial charge is 0.481 e. The minimum atomic E-state index is -0.831. The van der Waals surface area contributed by atoms with E-state index in [0.717, 1.165) is 31.6 Å². The Bertz CT molecular complexity index is 861. The van der Waals surface area contributed by atoms with Crippen LogP contribution in [0.4, 0.5) is 5.82 Å². The summed E-state index contributed by atoms with van der Waals surface area (Å²) < 4.78 is 7.35. The van der Waals surface area contributed by atoms with Crippen molar-refractivity contribution in [3.63, 3.8) is 0 Å². The molecule has 8 nitrogen and oxygen atoms in total. The van der Waals surface area contributed by atoms with Crippen molar-refractivity contribution in [3.8, 4) is 0 Å². The van der Waals surface area contributed by atoms with Crippen LogP contribution in [0.2, 0.25) is 0 Å². The summed E-state index contributed by atoms with van der Waals surface area (Å²) in [5, 5.41) is 21.0.